The van der Waals surface area contributed by atoms with Gasteiger partial charge in [-0.2, -0.15) is 0 Å². The molecule has 0 aliphatic carbocycles. The van der Waals surface area contributed by atoms with Crippen molar-refractivity contribution in [2.24, 2.45) is 0 Å². The van der Waals surface area contributed by atoms with Gasteiger partial charge in [-0.1, -0.05) is 30.3 Å². The van der Waals surface area contributed by atoms with Crippen LogP contribution in [-0.4, -0.2) is 15.2 Å². The Hall–Kier alpha value is -2.26. The number of hydrogen-bond acceptors (Lipinski definition) is 3. The standard InChI is InChI=1S/C15H9ClN2O/c16-15(19)11-6-7-12-13(8-11)17-9-14(18-12)10-4-2-1-3-5-10/h1-9H. The lowest BCUT2D eigenvalue weighted by molar-refractivity contribution is 0.108. The Labute approximate surface area is 114 Å². The molecule has 0 saturated carbocycles. The zero-order valence-corrected chi connectivity index (χ0v) is 10.6. The zero-order chi connectivity index (χ0) is 13.2. The molecule has 0 amide bonds. The van der Waals surface area contributed by atoms with Crippen LogP contribution in [0.3, 0.4) is 0 Å². The fourth-order valence-corrected chi connectivity index (χ4v) is 2.00. The number of aromatic nitrogens is 2. The van der Waals surface area contributed by atoms with E-state index in [1.54, 1.807) is 24.4 Å². The van der Waals surface area contributed by atoms with Gasteiger partial charge in [0.15, 0.2) is 0 Å². The quantitative estimate of drug-likeness (QED) is 0.666. The number of carbonyl (C=O) groups excluding carboxylic acids is 1. The van der Waals surface area contributed by atoms with Crippen LogP contribution in [0.25, 0.3) is 22.3 Å². The fraction of sp³-hybridized carbons (Fsp3) is 0. The highest BCUT2D eigenvalue weighted by Crippen LogP contribution is 2.19. The van der Waals surface area contributed by atoms with Gasteiger partial charge in [-0.25, -0.2) is 4.98 Å². The molecule has 3 nitrogen and oxygen atoms in total. The third-order valence-electron chi connectivity index (χ3n) is 2.84. The highest BCUT2D eigenvalue weighted by atomic mass is 35.5. The van der Waals surface area contributed by atoms with Crippen molar-refractivity contribution in [3.8, 4) is 11.3 Å². The van der Waals surface area contributed by atoms with Crippen LogP contribution in [0.1, 0.15) is 10.4 Å². The Morgan fingerprint density at radius 2 is 1.79 bits per heavy atom. The second-order valence-electron chi connectivity index (χ2n) is 4.10. The molecule has 0 fully saturated rings. The van der Waals surface area contributed by atoms with Gasteiger partial charge in [-0.05, 0) is 29.8 Å². The minimum absolute atomic E-state index is 0.427. The maximum absolute atomic E-state index is 11.1. The van der Waals surface area contributed by atoms with Gasteiger partial charge < -0.3 is 0 Å². The van der Waals surface area contributed by atoms with Gasteiger partial charge in [-0.15, -0.1) is 0 Å². The molecule has 0 N–H and O–H groups in total. The van der Waals surface area contributed by atoms with Gasteiger partial charge in [0, 0.05) is 11.1 Å². The van der Waals surface area contributed by atoms with E-state index in [1.807, 2.05) is 30.3 Å². The van der Waals surface area contributed by atoms with Crippen molar-refractivity contribution in [1.82, 2.24) is 9.97 Å². The summed E-state index contributed by atoms with van der Waals surface area (Å²) in [6.07, 6.45) is 1.69. The maximum atomic E-state index is 11.1. The van der Waals surface area contributed by atoms with Crippen molar-refractivity contribution < 1.29 is 4.79 Å². The fourth-order valence-electron chi connectivity index (χ4n) is 1.88. The summed E-state index contributed by atoms with van der Waals surface area (Å²) in [4.78, 5) is 20.0. The largest absolute Gasteiger partial charge is 0.276 e. The highest BCUT2D eigenvalue weighted by Gasteiger charge is 2.06. The van der Waals surface area contributed by atoms with E-state index in [0.29, 0.717) is 11.1 Å². The predicted octanol–water partition coefficient (Wildman–Crippen LogP) is 3.68. The smallest absolute Gasteiger partial charge is 0.252 e. The van der Waals surface area contributed by atoms with Crippen LogP contribution < -0.4 is 0 Å². The van der Waals surface area contributed by atoms with Crippen molar-refractivity contribution in [2.75, 3.05) is 0 Å². The van der Waals surface area contributed by atoms with Gasteiger partial charge >= 0.3 is 0 Å². The molecule has 0 bridgehead atoms. The SMILES string of the molecule is O=C(Cl)c1ccc2nc(-c3ccccc3)cnc2c1. The first-order chi connectivity index (χ1) is 9.24. The van der Waals surface area contributed by atoms with Crippen LogP contribution in [0.4, 0.5) is 0 Å². The summed E-state index contributed by atoms with van der Waals surface area (Å²) in [6, 6.07) is 14.9. The van der Waals surface area contributed by atoms with Crippen molar-refractivity contribution in [1.29, 1.82) is 0 Å². The number of halogens is 1. The van der Waals surface area contributed by atoms with Crippen molar-refractivity contribution in [2.45, 2.75) is 0 Å². The summed E-state index contributed by atoms with van der Waals surface area (Å²) in [7, 11) is 0. The van der Waals surface area contributed by atoms with Crippen LogP contribution in [-0.2, 0) is 0 Å². The summed E-state index contributed by atoms with van der Waals surface area (Å²) in [5, 5.41) is -0.490. The second-order valence-corrected chi connectivity index (χ2v) is 4.44. The molecule has 3 rings (SSSR count). The average molecular weight is 269 g/mol. The molecule has 4 heteroatoms. The number of nitrogens with zero attached hydrogens (tertiary/aromatic N) is 2. The predicted molar refractivity (Wildman–Crippen MR) is 75.2 cm³/mol. The summed E-state index contributed by atoms with van der Waals surface area (Å²) in [5.74, 6) is 0. The Morgan fingerprint density at radius 3 is 2.53 bits per heavy atom. The number of fused-ring (bicyclic) bond motifs is 1. The first-order valence-corrected chi connectivity index (χ1v) is 6.14. The molecule has 0 aliphatic heterocycles. The molecule has 19 heavy (non-hydrogen) atoms. The van der Waals surface area contributed by atoms with Crippen molar-refractivity contribution in [3.05, 3.63) is 60.3 Å². The molecule has 0 atom stereocenters. The molecule has 0 unspecified atom stereocenters. The minimum atomic E-state index is -0.490. The number of benzene rings is 2. The Balaban J connectivity index is 2.12. The normalized spacial score (nSPS) is 10.6. The maximum Gasteiger partial charge on any atom is 0.252 e. The van der Waals surface area contributed by atoms with Crippen LogP contribution in [0.15, 0.2) is 54.7 Å². The molecule has 2 aromatic carbocycles. The average Bonchev–Trinajstić information content (AvgIpc) is 2.47. The molecule has 0 radical (unpaired) electrons. The Kier molecular flexibility index (Phi) is 2.97. The first kappa shape index (κ1) is 11.8. The lowest BCUT2D eigenvalue weighted by Crippen LogP contribution is -1.92. The first-order valence-electron chi connectivity index (χ1n) is 5.76. The van der Waals surface area contributed by atoms with E-state index in [0.717, 1.165) is 16.8 Å². The molecule has 1 heterocycles. The van der Waals surface area contributed by atoms with E-state index in [4.69, 9.17) is 11.6 Å². The Bertz CT molecular complexity index is 756. The van der Waals surface area contributed by atoms with Gasteiger partial charge in [0.2, 0.25) is 0 Å². The summed E-state index contributed by atoms with van der Waals surface area (Å²) < 4.78 is 0. The van der Waals surface area contributed by atoms with Gasteiger partial charge in [-0.3, -0.25) is 9.78 Å². The van der Waals surface area contributed by atoms with Crippen LogP contribution in [0.5, 0.6) is 0 Å². The summed E-state index contributed by atoms with van der Waals surface area (Å²) >= 11 is 5.44. The minimum Gasteiger partial charge on any atom is -0.276 e. The number of carbonyl (C=O) groups is 1. The number of hydrogen-bond donors (Lipinski definition) is 0. The summed E-state index contributed by atoms with van der Waals surface area (Å²) in [5.41, 5.74) is 3.64. The van der Waals surface area contributed by atoms with E-state index < -0.39 is 5.24 Å². The van der Waals surface area contributed by atoms with E-state index in [-0.39, 0.29) is 0 Å². The molecule has 3 aromatic rings. The van der Waals surface area contributed by atoms with Crippen molar-refractivity contribution in [3.63, 3.8) is 0 Å². The monoisotopic (exact) mass is 268 g/mol. The third kappa shape index (κ3) is 2.33. The van der Waals surface area contributed by atoms with Crippen LogP contribution in [0.2, 0.25) is 0 Å². The van der Waals surface area contributed by atoms with Gasteiger partial charge in [0.05, 0.1) is 22.9 Å². The third-order valence-corrected chi connectivity index (χ3v) is 3.06. The van der Waals surface area contributed by atoms with Crippen LogP contribution in [0, 0.1) is 0 Å². The zero-order valence-electron chi connectivity index (χ0n) is 9.88. The molecular formula is C15H9ClN2O. The molecule has 1 aromatic heterocycles. The topological polar surface area (TPSA) is 42.9 Å². The van der Waals surface area contributed by atoms with E-state index >= 15 is 0 Å². The van der Waals surface area contributed by atoms with Crippen LogP contribution >= 0.6 is 11.6 Å². The number of rotatable bonds is 2. The lowest BCUT2D eigenvalue weighted by atomic mass is 10.1. The van der Waals surface area contributed by atoms with E-state index in [9.17, 15) is 4.79 Å². The van der Waals surface area contributed by atoms with Gasteiger partial charge in [0.1, 0.15) is 0 Å². The van der Waals surface area contributed by atoms with E-state index in [1.165, 1.54) is 0 Å². The highest BCUT2D eigenvalue weighted by molar-refractivity contribution is 6.67. The van der Waals surface area contributed by atoms with Crippen molar-refractivity contribution >= 4 is 27.9 Å². The molecular weight excluding hydrogens is 260 g/mol. The Morgan fingerprint density at radius 1 is 1.00 bits per heavy atom. The molecule has 0 spiro atoms. The lowest BCUT2D eigenvalue weighted by Gasteiger charge is -2.03. The van der Waals surface area contributed by atoms with E-state index in [2.05, 4.69) is 9.97 Å². The molecule has 0 saturated heterocycles. The van der Waals surface area contributed by atoms with Gasteiger partial charge in [0.25, 0.3) is 5.24 Å². The second kappa shape index (κ2) is 4.78. The molecule has 0 aliphatic rings. The molecule has 92 valence electrons. The summed E-state index contributed by atoms with van der Waals surface area (Å²) in [6.45, 7) is 0.